The Morgan fingerprint density at radius 3 is 2.43 bits per heavy atom. The molecule has 0 bridgehead atoms. The summed E-state index contributed by atoms with van der Waals surface area (Å²) in [6.07, 6.45) is -1.04. The number of anilines is 1. The van der Waals surface area contributed by atoms with Crippen LogP contribution in [0, 0.1) is 19.7 Å². The van der Waals surface area contributed by atoms with Crippen LogP contribution in [-0.2, 0) is 25.6 Å². The van der Waals surface area contributed by atoms with Gasteiger partial charge in [0, 0.05) is 17.1 Å². The Morgan fingerprint density at radius 1 is 1.18 bits per heavy atom. The number of aromatic nitrogens is 1. The maximum atomic E-state index is 12.9. The van der Waals surface area contributed by atoms with E-state index in [1.807, 2.05) is 0 Å². The zero-order valence-electron chi connectivity index (χ0n) is 16.2. The van der Waals surface area contributed by atoms with Crippen molar-refractivity contribution in [1.29, 1.82) is 0 Å². The van der Waals surface area contributed by atoms with Crippen LogP contribution in [0.1, 0.15) is 35.6 Å². The van der Waals surface area contributed by atoms with E-state index < -0.39 is 29.8 Å². The SMILES string of the molecule is CCOC(=O)c1cc(C)n(CC(=O)O[C@H](C)C(=O)Nc2ccc(F)cc2)c1C. The number of amides is 1. The summed E-state index contributed by atoms with van der Waals surface area (Å²) < 4.78 is 24.7. The van der Waals surface area contributed by atoms with E-state index in [-0.39, 0.29) is 13.2 Å². The van der Waals surface area contributed by atoms with Gasteiger partial charge in [0.25, 0.3) is 5.91 Å². The molecule has 1 N–H and O–H groups in total. The van der Waals surface area contributed by atoms with Crippen LogP contribution in [0.15, 0.2) is 30.3 Å². The summed E-state index contributed by atoms with van der Waals surface area (Å²) in [5.74, 6) is -2.04. The zero-order chi connectivity index (χ0) is 20.8. The number of aryl methyl sites for hydroxylation is 1. The Balaban J connectivity index is 1.98. The van der Waals surface area contributed by atoms with E-state index >= 15 is 0 Å². The van der Waals surface area contributed by atoms with Gasteiger partial charge in [-0.3, -0.25) is 9.59 Å². The molecular formula is C20H23FN2O5. The highest BCUT2D eigenvalue weighted by Crippen LogP contribution is 2.17. The molecule has 1 aromatic heterocycles. The van der Waals surface area contributed by atoms with Crippen molar-refractivity contribution in [3.05, 3.63) is 53.1 Å². The van der Waals surface area contributed by atoms with Crippen LogP contribution in [-0.4, -0.2) is 35.1 Å². The molecule has 0 aliphatic carbocycles. The normalized spacial score (nSPS) is 11.6. The molecule has 1 amide bonds. The summed E-state index contributed by atoms with van der Waals surface area (Å²) in [7, 11) is 0. The van der Waals surface area contributed by atoms with Gasteiger partial charge in [-0.2, -0.15) is 0 Å². The topological polar surface area (TPSA) is 86.6 Å². The smallest absolute Gasteiger partial charge is 0.339 e. The van der Waals surface area contributed by atoms with Crippen LogP contribution in [0.5, 0.6) is 0 Å². The lowest BCUT2D eigenvalue weighted by atomic mass is 10.2. The highest BCUT2D eigenvalue weighted by molar-refractivity contribution is 5.95. The second kappa shape index (κ2) is 9.16. The summed E-state index contributed by atoms with van der Waals surface area (Å²) in [5.41, 5.74) is 2.05. The van der Waals surface area contributed by atoms with Crippen molar-refractivity contribution in [3.8, 4) is 0 Å². The van der Waals surface area contributed by atoms with Gasteiger partial charge in [-0.25, -0.2) is 9.18 Å². The van der Waals surface area contributed by atoms with Gasteiger partial charge in [0.2, 0.25) is 0 Å². The first-order valence-electron chi connectivity index (χ1n) is 8.82. The molecule has 0 fully saturated rings. The summed E-state index contributed by atoms with van der Waals surface area (Å²) in [6, 6.07) is 6.89. The van der Waals surface area contributed by atoms with Gasteiger partial charge in [0.1, 0.15) is 12.4 Å². The number of hydrogen-bond acceptors (Lipinski definition) is 5. The lowest BCUT2D eigenvalue weighted by molar-refractivity contribution is -0.153. The summed E-state index contributed by atoms with van der Waals surface area (Å²) in [6.45, 7) is 6.73. The molecular weight excluding hydrogens is 367 g/mol. The number of nitrogens with one attached hydrogen (secondary N) is 1. The standard InChI is InChI=1S/C20H23FN2O5/c1-5-27-20(26)17-10-12(2)23(13(17)3)11-18(24)28-14(4)19(25)22-16-8-6-15(21)7-9-16/h6-10,14H,5,11H2,1-4H3,(H,22,25)/t14-/m1/s1. The number of halogens is 1. The molecule has 1 aromatic carbocycles. The van der Waals surface area contributed by atoms with Crippen molar-refractivity contribution in [2.45, 2.75) is 40.3 Å². The molecule has 0 saturated heterocycles. The largest absolute Gasteiger partial charge is 0.462 e. The molecule has 2 aromatic rings. The maximum absolute atomic E-state index is 12.9. The molecule has 0 radical (unpaired) electrons. The third-order valence-electron chi connectivity index (χ3n) is 4.15. The number of benzene rings is 1. The number of esters is 2. The molecule has 2 rings (SSSR count). The summed E-state index contributed by atoms with van der Waals surface area (Å²) in [5, 5.41) is 2.54. The third kappa shape index (κ3) is 5.18. The highest BCUT2D eigenvalue weighted by atomic mass is 19.1. The first-order chi connectivity index (χ1) is 13.2. The van der Waals surface area contributed by atoms with E-state index in [9.17, 15) is 18.8 Å². The molecule has 0 spiro atoms. The van der Waals surface area contributed by atoms with Crippen LogP contribution in [0.2, 0.25) is 0 Å². The first kappa shape index (κ1) is 21.1. The van der Waals surface area contributed by atoms with Crippen LogP contribution < -0.4 is 5.32 Å². The van der Waals surface area contributed by atoms with Gasteiger partial charge in [-0.1, -0.05) is 0 Å². The Labute approximate surface area is 162 Å². The van der Waals surface area contributed by atoms with Gasteiger partial charge in [0.15, 0.2) is 6.10 Å². The Bertz CT molecular complexity index is 873. The van der Waals surface area contributed by atoms with Crippen molar-refractivity contribution >= 4 is 23.5 Å². The minimum atomic E-state index is -1.04. The predicted molar refractivity (Wildman–Crippen MR) is 100 cm³/mol. The van der Waals surface area contributed by atoms with Gasteiger partial charge in [0.05, 0.1) is 12.2 Å². The van der Waals surface area contributed by atoms with Gasteiger partial charge >= 0.3 is 11.9 Å². The number of carbonyl (C=O) groups is 3. The van der Waals surface area contributed by atoms with E-state index in [0.29, 0.717) is 22.6 Å². The van der Waals surface area contributed by atoms with Crippen molar-refractivity contribution in [2.75, 3.05) is 11.9 Å². The van der Waals surface area contributed by atoms with Crippen molar-refractivity contribution in [2.24, 2.45) is 0 Å². The molecule has 7 nitrogen and oxygen atoms in total. The second-order valence-electron chi connectivity index (χ2n) is 6.22. The van der Waals surface area contributed by atoms with Crippen molar-refractivity contribution in [1.82, 2.24) is 4.57 Å². The number of carbonyl (C=O) groups excluding carboxylic acids is 3. The number of rotatable bonds is 7. The third-order valence-corrected chi connectivity index (χ3v) is 4.15. The van der Waals surface area contributed by atoms with Crippen LogP contribution in [0.25, 0.3) is 0 Å². The molecule has 150 valence electrons. The Kier molecular flexibility index (Phi) is 6.92. The summed E-state index contributed by atoms with van der Waals surface area (Å²) in [4.78, 5) is 36.3. The lowest BCUT2D eigenvalue weighted by Crippen LogP contribution is -2.31. The fourth-order valence-corrected chi connectivity index (χ4v) is 2.65. The molecule has 1 heterocycles. The van der Waals surface area contributed by atoms with E-state index in [4.69, 9.17) is 9.47 Å². The predicted octanol–water partition coefficient (Wildman–Crippen LogP) is 2.99. The minimum absolute atomic E-state index is 0.148. The highest BCUT2D eigenvalue weighted by Gasteiger charge is 2.21. The average Bonchev–Trinajstić information content (AvgIpc) is 2.92. The molecule has 28 heavy (non-hydrogen) atoms. The fraction of sp³-hybridized carbons (Fsp3) is 0.350. The van der Waals surface area contributed by atoms with E-state index in [1.165, 1.54) is 31.2 Å². The van der Waals surface area contributed by atoms with Crippen LogP contribution >= 0.6 is 0 Å². The monoisotopic (exact) mass is 390 g/mol. The Hall–Kier alpha value is -3.16. The zero-order valence-corrected chi connectivity index (χ0v) is 16.2. The lowest BCUT2D eigenvalue weighted by Gasteiger charge is -2.15. The molecule has 0 aliphatic rings. The molecule has 0 aliphatic heterocycles. The summed E-state index contributed by atoms with van der Waals surface area (Å²) >= 11 is 0. The number of ether oxygens (including phenoxy) is 2. The quantitative estimate of drug-likeness (QED) is 0.735. The Morgan fingerprint density at radius 2 is 1.82 bits per heavy atom. The molecule has 0 saturated carbocycles. The molecule has 1 atom stereocenters. The van der Waals surface area contributed by atoms with E-state index in [2.05, 4.69) is 5.32 Å². The maximum Gasteiger partial charge on any atom is 0.339 e. The fourth-order valence-electron chi connectivity index (χ4n) is 2.65. The van der Waals surface area contributed by atoms with E-state index in [0.717, 1.165) is 0 Å². The van der Waals surface area contributed by atoms with Crippen molar-refractivity contribution in [3.63, 3.8) is 0 Å². The van der Waals surface area contributed by atoms with E-state index in [1.54, 1.807) is 31.4 Å². The van der Waals surface area contributed by atoms with Crippen LogP contribution in [0.3, 0.4) is 0 Å². The average molecular weight is 390 g/mol. The van der Waals surface area contributed by atoms with Gasteiger partial charge in [-0.05, 0) is 58.0 Å². The number of nitrogens with zero attached hydrogens (tertiary/aromatic N) is 1. The van der Waals surface area contributed by atoms with Crippen molar-refractivity contribution < 1.29 is 28.2 Å². The second-order valence-corrected chi connectivity index (χ2v) is 6.22. The molecule has 0 unspecified atom stereocenters. The number of hydrogen-bond donors (Lipinski definition) is 1. The first-order valence-corrected chi connectivity index (χ1v) is 8.82. The van der Waals surface area contributed by atoms with Crippen LogP contribution in [0.4, 0.5) is 10.1 Å². The molecule has 8 heteroatoms. The van der Waals surface area contributed by atoms with Gasteiger partial charge in [-0.15, -0.1) is 0 Å². The minimum Gasteiger partial charge on any atom is -0.462 e. The van der Waals surface area contributed by atoms with Gasteiger partial charge < -0.3 is 19.4 Å².